The second-order valence-corrected chi connectivity index (χ2v) is 6.90. The molecule has 0 unspecified atom stereocenters. The van der Waals surface area contributed by atoms with Crippen molar-refractivity contribution in [1.29, 1.82) is 0 Å². The van der Waals surface area contributed by atoms with Crippen LogP contribution in [0.15, 0.2) is 23.1 Å². The number of rotatable bonds is 4. The highest BCUT2D eigenvalue weighted by Crippen LogP contribution is 2.25. The molecule has 0 spiro atoms. The van der Waals surface area contributed by atoms with Gasteiger partial charge in [-0.2, -0.15) is 4.31 Å². The lowest BCUT2D eigenvalue weighted by atomic mass is 10.3. The summed E-state index contributed by atoms with van der Waals surface area (Å²) in [6, 6.07) is 4.01. The normalized spacial score (nSPS) is 18.2. The molecule has 1 aromatic carbocycles. The van der Waals surface area contributed by atoms with E-state index in [4.69, 9.17) is 5.73 Å². The molecule has 6 nitrogen and oxygen atoms in total. The third-order valence-corrected chi connectivity index (χ3v) is 5.40. The molecule has 0 saturated carbocycles. The maximum absolute atomic E-state index is 12.5. The average Bonchev–Trinajstić information content (AvgIpc) is 2.43. The van der Waals surface area contributed by atoms with Crippen LogP contribution in [0.25, 0.3) is 0 Å². The van der Waals surface area contributed by atoms with Crippen LogP contribution < -0.4 is 5.73 Å². The van der Waals surface area contributed by atoms with E-state index in [-0.39, 0.29) is 16.3 Å². The van der Waals surface area contributed by atoms with Crippen molar-refractivity contribution in [2.45, 2.75) is 18.2 Å². The summed E-state index contributed by atoms with van der Waals surface area (Å²) in [6.07, 6.45) is 1.07. The highest BCUT2D eigenvalue weighted by atomic mass is 32.2. The van der Waals surface area contributed by atoms with Crippen LogP contribution in [0.3, 0.4) is 0 Å². The van der Waals surface area contributed by atoms with Crippen molar-refractivity contribution in [2.75, 3.05) is 38.5 Å². The third-order valence-electron chi connectivity index (χ3n) is 3.51. The molecule has 1 heterocycles. The average molecular weight is 299 g/mol. The number of hydrogen-bond donors (Lipinski definition) is 2. The molecular formula is C13H21N3O3S. The first-order valence-electron chi connectivity index (χ1n) is 6.76. The summed E-state index contributed by atoms with van der Waals surface area (Å²) < 4.78 is 26.4. The number of nitrogen functional groups attached to an aromatic ring is 1. The van der Waals surface area contributed by atoms with Gasteiger partial charge in [0, 0.05) is 26.2 Å². The highest BCUT2D eigenvalue weighted by molar-refractivity contribution is 7.89. The minimum Gasteiger partial charge on any atom is -0.506 e. The van der Waals surface area contributed by atoms with Crippen LogP contribution in [-0.4, -0.2) is 55.5 Å². The van der Waals surface area contributed by atoms with Crippen molar-refractivity contribution >= 4 is 15.7 Å². The Morgan fingerprint density at radius 2 is 1.90 bits per heavy atom. The summed E-state index contributed by atoms with van der Waals surface area (Å²) in [5.74, 6) is -0.100. The molecule has 0 atom stereocenters. The van der Waals surface area contributed by atoms with E-state index in [9.17, 15) is 13.5 Å². The zero-order valence-electron chi connectivity index (χ0n) is 11.6. The smallest absolute Gasteiger partial charge is 0.243 e. The summed E-state index contributed by atoms with van der Waals surface area (Å²) >= 11 is 0. The molecular weight excluding hydrogens is 278 g/mol. The second-order valence-electron chi connectivity index (χ2n) is 4.97. The first kappa shape index (κ1) is 15.1. The van der Waals surface area contributed by atoms with Crippen LogP contribution in [0.4, 0.5) is 5.69 Å². The standard InChI is InChI=1S/C13H21N3O3S/c1-2-5-15-6-8-16(9-7-15)20(18,19)11-3-4-13(17)12(14)10-11/h3-4,10,17H,2,5-9,14H2,1H3. The van der Waals surface area contributed by atoms with E-state index in [1.807, 2.05) is 0 Å². The Hall–Kier alpha value is -1.31. The maximum atomic E-state index is 12.5. The zero-order chi connectivity index (χ0) is 14.8. The van der Waals surface area contributed by atoms with Gasteiger partial charge in [0.1, 0.15) is 5.75 Å². The van der Waals surface area contributed by atoms with Gasteiger partial charge in [0.15, 0.2) is 0 Å². The molecule has 0 aliphatic carbocycles. The number of sulfonamides is 1. The lowest BCUT2D eigenvalue weighted by molar-refractivity contribution is 0.188. The Kier molecular flexibility index (Phi) is 4.52. The van der Waals surface area contributed by atoms with Gasteiger partial charge in [0.05, 0.1) is 10.6 Å². The number of hydrogen-bond acceptors (Lipinski definition) is 5. The topological polar surface area (TPSA) is 86.9 Å². The van der Waals surface area contributed by atoms with E-state index in [0.717, 1.165) is 26.1 Å². The van der Waals surface area contributed by atoms with Crippen molar-refractivity contribution in [3.63, 3.8) is 0 Å². The third kappa shape index (κ3) is 3.05. The largest absolute Gasteiger partial charge is 0.506 e. The molecule has 7 heteroatoms. The van der Waals surface area contributed by atoms with Gasteiger partial charge in [-0.25, -0.2) is 8.42 Å². The molecule has 1 aliphatic heterocycles. The second kappa shape index (κ2) is 5.99. The molecule has 0 radical (unpaired) electrons. The summed E-state index contributed by atoms with van der Waals surface area (Å²) in [4.78, 5) is 2.40. The Morgan fingerprint density at radius 1 is 1.25 bits per heavy atom. The van der Waals surface area contributed by atoms with Crippen molar-refractivity contribution in [1.82, 2.24) is 9.21 Å². The minimum absolute atomic E-state index is 0.0793. The van der Waals surface area contributed by atoms with E-state index in [1.165, 1.54) is 22.5 Å². The predicted octanol–water partition coefficient (Wildman–Crippen LogP) is 0.691. The number of phenols is 1. The highest BCUT2D eigenvalue weighted by Gasteiger charge is 2.28. The summed E-state index contributed by atoms with van der Waals surface area (Å²) in [5.41, 5.74) is 5.65. The van der Waals surface area contributed by atoms with Gasteiger partial charge in [-0.1, -0.05) is 6.92 Å². The number of aromatic hydroxyl groups is 1. The molecule has 1 aromatic rings. The predicted molar refractivity (Wildman–Crippen MR) is 78.0 cm³/mol. The summed E-state index contributed by atoms with van der Waals surface area (Å²) in [6.45, 7) is 5.59. The number of nitrogens with zero attached hydrogens (tertiary/aromatic N) is 2. The number of nitrogens with two attached hydrogens (primary N) is 1. The molecule has 1 aliphatic rings. The van der Waals surface area contributed by atoms with Crippen LogP contribution in [0.1, 0.15) is 13.3 Å². The van der Waals surface area contributed by atoms with Crippen LogP contribution in [0, 0.1) is 0 Å². The van der Waals surface area contributed by atoms with Crippen molar-refractivity contribution in [3.8, 4) is 5.75 Å². The number of anilines is 1. The van der Waals surface area contributed by atoms with Gasteiger partial charge < -0.3 is 15.7 Å². The summed E-state index contributed by atoms with van der Waals surface area (Å²) in [7, 11) is -3.52. The summed E-state index contributed by atoms with van der Waals surface area (Å²) in [5, 5.41) is 9.37. The van der Waals surface area contributed by atoms with Gasteiger partial charge in [0.2, 0.25) is 10.0 Å². The van der Waals surface area contributed by atoms with Gasteiger partial charge in [0.25, 0.3) is 0 Å². The number of piperazine rings is 1. The van der Waals surface area contributed by atoms with E-state index >= 15 is 0 Å². The van der Waals surface area contributed by atoms with Crippen molar-refractivity contribution < 1.29 is 13.5 Å². The Morgan fingerprint density at radius 3 is 2.45 bits per heavy atom. The Bertz CT molecular complexity index is 566. The number of phenolic OH excluding ortho intramolecular Hbond substituents is 1. The molecule has 1 saturated heterocycles. The monoisotopic (exact) mass is 299 g/mol. The first-order chi connectivity index (χ1) is 9.45. The van der Waals surface area contributed by atoms with E-state index in [1.54, 1.807) is 0 Å². The molecule has 1 fully saturated rings. The van der Waals surface area contributed by atoms with Crippen LogP contribution >= 0.6 is 0 Å². The molecule has 0 bridgehead atoms. The lowest BCUT2D eigenvalue weighted by Crippen LogP contribution is -2.48. The van der Waals surface area contributed by atoms with Gasteiger partial charge in [-0.3, -0.25) is 0 Å². The fraction of sp³-hybridized carbons (Fsp3) is 0.538. The maximum Gasteiger partial charge on any atom is 0.243 e. The van der Waals surface area contributed by atoms with E-state index in [0.29, 0.717) is 13.1 Å². The SMILES string of the molecule is CCCN1CCN(S(=O)(=O)c2ccc(O)c(N)c2)CC1. The fourth-order valence-corrected chi connectivity index (χ4v) is 3.81. The molecule has 112 valence electrons. The molecule has 0 amide bonds. The molecule has 0 aromatic heterocycles. The number of benzene rings is 1. The lowest BCUT2D eigenvalue weighted by Gasteiger charge is -2.33. The van der Waals surface area contributed by atoms with Crippen LogP contribution in [-0.2, 0) is 10.0 Å². The van der Waals surface area contributed by atoms with Crippen molar-refractivity contribution in [3.05, 3.63) is 18.2 Å². The molecule has 3 N–H and O–H groups in total. The minimum atomic E-state index is -3.52. The van der Waals surface area contributed by atoms with Gasteiger partial charge >= 0.3 is 0 Å². The van der Waals surface area contributed by atoms with E-state index in [2.05, 4.69) is 11.8 Å². The van der Waals surface area contributed by atoms with Gasteiger partial charge in [-0.05, 0) is 31.2 Å². The van der Waals surface area contributed by atoms with Crippen LogP contribution in [0.5, 0.6) is 5.75 Å². The fourth-order valence-electron chi connectivity index (χ4n) is 2.35. The zero-order valence-corrected chi connectivity index (χ0v) is 12.4. The van der Waals surface area contributed by atoms with Gasteiger partial charge in [-0.15, -0.1) is 0 Å². The van der Waals surface area contributed by atoms with Crippen molar-refractivity contribution in [2.24, 2.45) is 0 Å². The van der Waals surface area contributed by atoms with Crippen LogP contribution in [0.2, 0.25) is 0 Å². The first-order valence-corrected chi connectivity index (χ1v) is 8.20. The molecule has 2 rings (SSSR count). The van der Waals surface area contributed by atoms with E-state index < -0.39 is 10.0 Å². The Balaban J connectivity index is 2.13. The quantitative estimate of drug-likeness (QED) is 0.631. The molecule has 20 heavy (non-hydrogen) atoms. The Labute approximate surface area is 119 Å².